The molecule has 0 aliphatic carbocycles. The van der Waals surface area contributed by atoms with Crippen molar-refractivity contribution in [1.82, 2.24) is 4.90 Å². The van der Waals surface area contributed by atoms with Crippen molar-refractivity contribution in [2.45, 2.75) is 25.8 Å². The van der Waals surface area contributed by atoms with Gasteiger partial charge in [-0.2, -0.15) is 0 Å². The van der Waals surface area contributed by atoms with Gasteiger partial charge in [-0.25, -0.2) is 4.79 Å². The molecular weight excluding hydrogens is 342 g/mol. The van der Waals surface area contributed by atoms with Gasteiger partial charge in [0.2, 0.25) is 0 Å². The average Bonchev–Trinajstić information content (AvgIpc) is 3.06. The molecule has 1 unspecified atom stereocenters. The van der Waals surface area contributed by atoms with E-state index in [9.17, 15) is 14.9 Å². The molecule has 1 saturated heterocycles. The molecule has 1 aliphatic heterocycles. The zero-order valence-corrected chi connectivity index (χ0v) is 14.5. The van der Waals surface area contributed by atoms with Crippen LogP contribution in [0.15, 0.2) is 42.5 Å². The molecule has 0 bridgehead atoms. The van der Waals surface area contributed by atoms with E-state index in [0.29, 0.717) is 22.8 Å². The van der Waals surface area contributed by atoms with Gasteiger partial charge in [0.1, 0.15) is 0 Å². The lowest BCUT2D eigenvalue weighted by Gasteiger charge is -2.26. The highest BCUT2D eigenvalue weighted by Gasteiger charge is 2.30. The van der Waals surface area contributed by atoms with Gasteiger partial charge in [0, 0.05) is 17.6 Å². The molecule has 2 aromatic carbocycles. The molecule has 2 aromatic rings. The number of nitrogens with one attached hydrogen (secondary N) is 1. The first-order valence-electron chi connectivity index (χ1n) is 8.04. The number of rotatable bonds is 3. The van der Waals surface area contributed by atoms with Crippen LogP contribution >= 0.6 is 11.6 Å². The maximum absolute atomic E-state index is 12.7. The Morgan fingerprint density at radius 3 is 2.80 bits per heavy atom. The molecule has 130 valence electrons. The quantitative estimate of drug-likeness (QED) is 0.623. The maximum atomic E-state index is 12.7. The van der Waals surface area contributed by atoms with Gasteiger partial charge in [0.25, 0.3) is 5.69 Å². The number of nitro groups is 1. The number of halogens is 1. The summed E-state index contributed by atoms with van der Waals surface area (Å²) in [6.07, 6.45) is 1.76. The van der Waals surface area contributed by atoms with Crippen molar-refractivity contribution in [1.29, 1.82) is 0 Å². The van der Waals surface area contributed by atoms with Crippen molar-refractivity contribution < 1.29 is 9.72 Å². The van der Waals surface area contributed by atoms with Crippen molar-refractivity contribution in [2.24, 2.45) is 0 Å². The highest BCUT2D eigenvalue weighted by molar-refractivity contribution is 6.30. The zero-order valence-electron chi connectivity index (χ0n) is 13.7. The van der Waals surface area contributed by atoms with E-state index in [2.05, 4.69) is 5.32 Å². The summed E-state index contributed by atoms with van der Waals surface area (Å²) in [6, 6.07) is 11.9. The first-order valence-corrected chi connectivity index (χ1v) is 8.42. The lowest BCUT2D eigenvalue weighted by atomic mass is 10.0. The van der Waals surface area contributed by atoms with E-state index in [0.717, 1.165) is 18.4 Å². The van der Waals surface area contributed by atoms with Crippen molar-refractivity contribution in [2.75, 3.05) is 11.9 Å². The molecule has 1 N–H and O–H groups in total. The van der Waals surface area contributed by atoms with Crippen LogP contribution in [0, 0.1) is 17.0 Å². The van der Waals surface area contributed by atoms with Crippen LogP contribution in [0.3, 0.4) is 0 Å². The molecule has 1 fully saturated rings. The van der Waals surface area contributed by atoms with Crippen molar-refractivity contribution in [3.63, 3.8) is 0 Å². The van der Waals surface area contributed by atoms with E-state index in [4.69, 9.17) is 11.6 Å². The number of benzene rings is 2. The zero-order chi connectivity index (χ0) is 18.0. The van der Waals surface area contributed by atoms with Crippen LogP contribution in [0.25, 0.3) is 0 Å². The number of nitrogens with zero attached hydrogens (tertiary/aromatic N) is 2. The van der Waals surface area contributed by atoms with Gasteiger partial charge >= 0.3 is 6.03 Å². The molecule has 0 aromatic heterocycles. The van der Waals surface area contributed by atoms with Crippen molar-refractivity contribution >= 4 is 29.0 Å². The summed E-state index contributed by atoms with van der Waals surface area (Å²) < 4.78 is 0. The Hall–Kier alpha value is -2.60. The largest absolute Gasteiger partial charge is 0.322 e. The highest BCUT2D eigenvalue weighted by Crippen LogP contribution is 2.34. The number of likely N-dealkylation sites (tertiary alicyclic amines) is 1. The van der Waals surface area contributed by atoms with Gasteiger partial charge in [-0.3, -0.25) is 10.1 Å². The van der Waals surface area contributed by atoms with Crippen LogP contribution in [0.5, 0.6) is 0 Å². The second-order valence-electron chi connectivity index (χ2n) is 6.04. The monoisotopic (exact) mass is 359 g/mol. The third-order valence-electron chi connectivity index (χ3n) is 4.49. The fourth-order valence-corrected chi connectivity index (χ4v) is 3.41. The lowest BCUT2D eigenvalue weighted by molar-refractivity contribution is -0.385. The molecule has 3 rings (SSSR count). The minimum Gasteiger partial charge on any atom is -0.317 e. The van der Waals surface area contributed by atoms with Gasteiger partial charge < -0.3 is 10.2 Å². The Morgan fingerprint density at radius 1 is 1.32 bits per heavy atom. The lowest BCUT2D eigenvalue weighted by Crippen LogP contribution is -2.34. The number of carbonyl (C=O) groups is 1. The van der Waals surface area contributed by atoms with Gasteiger partial charge in [-0.15, -0.1) is 0 Å². The smallest absolute Gasteiger partial charge is 0.317 e. The Bertz CT molecular complexity index is 825. The molecule has 1 heterocycles. The number of urea groups is 1. The molecule has 0 radical (unpaired) electrons. The van der Waals surface area contributed by atoms with Gasteiger partial charge in [-0.05, 0) is 43.5 Å². The molecule has 1 aliphatic rings. The highest BCUT2D eigenvalue weighted by atomic mass is 35.5. The van der Waals surface area contributed by atoms with E-state index in [1.165, 1.54) is 6.07 Å². The number of amides is 2. The first kappa shape index (κ1) is 17.2. The Morgan fingerprint density at radius 2 is 2.08 bits per heavy atom. The van der Waals surface area contributed by atoms with Gasteiger partial charge in [-0.1, -0.05) is 29.8 Å². The fraction of sp³-hybridized carbons (Fsp3) is 0.278. The first-order chi connectivity index (χ1) is 12.0. The molecule has 2 amide bonds. The number of nitro benzene ring substituents is 1. The van der Waals surface area contributed by atoms with Gasteiger partial charge in [0.05, 0.1) is 22.2 Å². The SMILES string of the molecule is Cc1c(NC(=O)N2CCCC2c2cccc(Cl)c2)cccc1[N+](=O)[O-]. The standard InChI is InChI=1S/C18H18ClN3O3/c1-12-15(7-3-8-16(12)22(24)25)20-18(23)21-10-4-9-17(21)13-5-2-6-14(19)11-13/h2-3,5-8,11,17H,4,9-10H2,1H3,(H,20,23). The van der Waals surface area contributed by atoms with Crippen LogP contribution in [0.2, 0.25) is 5.02 Å². The summed E-state index contributed by atoms with van der Waals surface area (Å²) >= 11 is 6.07. The average molecular weight is 360 g/mol. The van der Waals surface area contributed by atoms with Crippen LogP contribution in [-0.4, -0.2) is 22.4 Å². The summed E-state index contributed by atoms with van der Waals surface area (Å²) in [4.78, 5) is 25.1. The summed E-state index contributed by atoms with van der Waals surface area (Å²) in [5.74, 6) is 0. The van der Waals surface area contributed by atoms with Crippen LogP contribution in [0.1, 0.15) is 30.0 Å². The van der Waals surface area contributed by atoms with Crippen LogP contribution in [0.4, 0.5) is 16.2 Å². The van der Waals surface area contributed by atoms with E-state index in [1.807, 2.05) is 18.2 Å². The van der Waals surface area contributed by atoms with Crippen LogP contribution < -0.4 is 5.32 Å². The third kappa shape index (κ3) is 3.58. The van der Waals surface area contributed by atoms with Crippen molar-refractivity contribution in [3.8, 4) is 0 Å². The molecule has 6 nitrogen and oxygen atoms in total. The normalized spacial score (nSPS) is 16.7. The summed E-state index contributed by atoms with van der Waals surface area (Å²) in [5.41, 5.74) is 1.89. The Balaban J connectivity index is 1.81. The van der Waals surface area contributed by atoms with Crippen molar-refractivity contribution in [3.05, 3.63) is 68.7 Å². The molecule has 0 saturated carbocycles. The number of carbonyl (C=O) groups excluding carboxylic acids is 1. The van der Waals surface area contributed by atoms with E-state index >= 15 is 0 Å². The number of hydrogen-bond acceptors (Lipinski definition) is 3. The molecule has 25 heavy (non-hydrogen) atoms. The number of hydrogen-bond donors (Lipinski definition) is 1. The predicted octanol–water partition coefficient (Wildman–Crippen LogP) is 4.93. The van der Waals surface area contributed by atoms with Crippen LogP contribution in [-0.2, 0) is 0 Å². The third-order valence-corrected chi connectivity index (χ3v) is 4.73. The summed E-state index contributed by atoms with van der Waals surface area (Å²) in [7, 11) is 0. The number of anilines is 1. The van der Waals surface area contributed by atoms with Gasteiger partial charge in [0.15, 0.2) is 0 Å². The van der Waals surface area contributed by atoms with E-state index in [-0.39, 0.29) is 17.8 Å². The van der Waals surface area contributed by atoms with E-state index in [1.54, 1.807) is 30.0 Å². The summed E-state index contributed by atoms with van der Waals surface area (Å²) in [5, 5.41) is 14.5. The second-order valence-corrected chi connectivity index (χ2v) is 6.48. The van der Waals surface area contributed by atoms with E-state index < -0.39 is 4.92 Å². The fourth-order valence-electron chi connectivity index (χ4n) is 3.21. The topological polar surface area (TPSA) is 75.5 Å². The molecule has 7 heteroatoms. The Labute approximate surface area is 150 Å². The minimum atomic E-state index is -0.449. The molecule has 0 spiro atoms. The molecule has 1 atom stereocenters. The predicted molar refractivity (Wildman–Crippen MR) is 97.0 cm³/mol. The maximum Gasteiger partial charge on any atom is 0.322 e. The Kier molecular flexibility index (Phi) is 4.90. The summed E-state index contributed by atoms with van der Waals surface area (Å²) in [6.45, 7) is 2.27. The molecular formula is C18H18ClN3O3. The minimum absolute atomic E-state index is 0.00869. The second kappa shape index (κ2) is 7.11.